The second-order valence-corrected chi connectivity index (χ2v) is 5.37. The van der Waals surface area contributed by atoms with Gasteiger partial charge in [0, 0.05) is 18.0 Å². The van der Waals surface area contributed by atoms with Crippen LogP contribution in [0.2, 0.25) is 0 Å². The molecule has 3 heteroatoms. The minimum Gasteiger partial charge on any atom is -0.305 e. The predicted molar refractivity (Wildman–Crippen MR) is 81.3 cm³/mol. The summed E-state index contributed by atoms with van der Waals surface area (Å²) in [5.41, 5.74) is 4.32. The highest BCUT2D eigenvalue weighted by atomic mass is 32.1. The van der Waals surface area contributed by atoms with Crippen molar-refractivity contribution in [3.8, 4) is 0 Å². The Morgan fingerprint density at radius 2 is 2.00 bits per heavy atom. The van der Waals surface area contributed by atoms with Gasteiger partial charge in [-0.2, -0.15) is 0 Å². The first kappa shape index (κ1) is 12.3. The molecule has 0 spiro atoms. The quantitative estimate of drug-likeness (QED) is 0.769. The van der Waals surface area contributed by atoms with Gasteiger partial charge < -0.3 is 5.32 Å². The second-order valence-electron chi connectivity index (χ2n) is 4.65. The van der Waals surface area contributed by atoms with Crippen molar-refractivity contribution in [2.75, 3.05) is 0 Å². The van der Waals surface area contributed by atoms with Crippen LogP contribution in [-0.4, -0.2) is 4.98 Å². The van der Waals surface area contributed by atoms with Gasteiger partial charge in [0.25, 0.3) is 0 Å². The molecule has 0 bridgehead atoms. The number of hydrogen-bond donors (Lipinski definition) is 1. The zero-order chi connectivity index (χ0) is 13.1. The fraction of sp³-hybridized carbons (Fsp3) is 0.188. The molecule has 19 heavy (non-hydrogen) atoms. The summed E-state index contributed by atoms with van der Waals surface area (Å²) >= 11 is 1.64. The highest BCUT2D eigenvalue weighted by molar-refractivity contribution is 7.07. The third kappa shape index (κ3) is 2.67. The van der Waals surface area contributed by atoms with Gasteiger partial charge in [0.1, 0.15) is 0 Å². The predicted octanol–water partition coefficient (Wildman–Crippen LogP) is 4.15. The highest BCUT2D eigenvalue weighted by Crippen LogP contribution is 2.24. The van der Waals surface area contributed by atoms with Crippen LogP contribution in [0.15, 0.2) is 53.4 Å². The van der Waals surface area contributed by atoms with Crippen molar-refractivity contribution in [1.29, 1.82) is 0 Å². The van der Waals surface area contributed by atoms with Gasteiger partial charge in [-0.15, -0.1) is 11.3 Å². The molecular weight excluding hydrogens is 252 g/mol. The lowest BCUT2D eigenvalue weighted by Gasteiger charge is -2.16. The summed E-state index contributed by atoms with van der Waals surface area (Å²) in [5.74, 6) is 0. The van der Waals surface area contributed by atoms with Gasteiger partial charge in [0.05, 0.1) is 11.2 Å². The summed E-state index contributed by atoms with van der Waals surface area (Å²) in [6, 6.07) is 15.3. The monoisotopic (exact) mass is 268 g/mol. The molecule has 3 rings (SSSR count). The molecule has 0 radical (unpaired) electrons. The van der Waals surface area contributed by atoms with Gasteiger partial charge in [-0.1, -0.05) is 42.5 Å². The topological polar surface area (TPSA) is 24.9 Å². The Morgan fingerprint density at radius 3 is 2.84 bits per heavy atom. The van der Waals surface area contributed by atoms with E-state index in [1.54, 1.807) is 11.3 Å². The maximum Gasteiger partial charge on any atom is 0.0795 e. The Labute approximate surface area is 117 Å². The van der Waals surface area contributed by atoms with Crippen LogP contribution in [0.1, 0.15) is 24.2 Å². The summed E-state index contributed by atoms with van der Waals surface area (Å²) in [5, 5.41) is 8.24. The highest BCUT2D eigenvalue weighted by Gasteiger charge is 2.08. The van der Waals surface area contributed by atoms with E-state index in [9.17, 15) is 0 Å². The van der Waals surface area contributed by atoms with E-state index < -0.39 is 0 Å². The average molecular weight is 268 g/mol. The van der Waals surface area contributed by atoms with Crippen molar-refractivity contribution < 1.29 is 0 Å². The van der Waals surface area contributed by atoms with Gasteiger partial charge in [0.2, 0.25) is 0 Å². The van der Waals surface area contributed by atoms with E-state index in [1.165, 1.54) is 16.3 Å². The fourth-order valence-electron chi connectivity index (χ4n) is 2.32. The zero-order valence-corrected chi connectivity index (χ0v) is 11.7. The summed E-state index contributed by atoms with van der Waals surface area (Å²) in [6.45, 7) is 3.02. The van der Waals surface area contributed by atoms with Crippen LogP contribution in [0.5, 0.6) is 0 Å². The van der Waals surface area contributed by atoms with Crippen LogP contribution in [0.3, 0.4) is 0 Å². The van der Waals surface area contributed by atoms with Crippen LogP contribution in [0, 0.1) is 0 Å². The summed E-state index contributed by atoms with van der Waals surface area (Å²) in [7, 11) is 0. The van der Waals surface area contributed by atoms with Crippen molar-refractivity contribution in [2.45, 2.75) is 19.5 Å². The molecule has 1 heterocycles. The number of hydrogen-bond acceptors (Lipinski definition) is 3. The molecule has 0 amide bonds. The second kappa shape index (κ2) is 5.51. The zero-order valence-electron chi connectivity index (χ0n) is 10.8. The molecule has 1 atom stereocenters. The van der Waals surface area contributed by atoms with Crippen LogP contribution in [0.4, 0.5) is 0 Å². The van der Waals surface area contributed by atoms with Gasteiger partial charge in [-0.25, -0.2) is 4.98 Å². The van der Waals surface area contributed by atoms with E-state index >= 15 is 0 Å². The number of nitrogens with zero attached hydrogens (tertiary/aromatic N) is 1. The molecule has 1 aromatic heterocycles. The molecule has 2 aromatic carbocycles. The SMILES string of the molecule is C[C@@H](NCc1cscn1)c1cccc2ccccc12. The Hall–Kier alpha value is -1.71. The Bertz CT molecular complexity index is 656. The molecule has 0 saturated carbocycles. The van der Waals surface area contributed by atoms with E-state index in [0.29, 0.717) is 6.04 Å². The van der Waals surface area contributed by atoms with Crippen LogP contribution in [0.25, 0.3) is 10.8 Å². The molecule has 0 aliphatic rings. The number of nitrogens with one attached hydrogen (secondary N) is 1. The van der Waals surface area contributed by atoms with Crippen LogP contribution >= 0.6 is 11.3 Å². The van der Waals surface area contributed by atoms with E-state index in [0.717, 1.165) is 12.2 Å². The number of benzene rings is 2. The van der Waals surface area contributed by atoms with E-state index in [-0.39, 0.29) is 0 Å². The average Bonchev–Trinajstić information content (AvgIpc) is 2.97. The molecule has 0 aliphatic carbocycles. The van der Waals surface area contributed by atoms with Crippen LogP contribution in [-0.2, 0) is 6.54 Å². The van der Waals surface area contributed by atoms with Gasteiger partial charge in [0.15, 0.2) is 0 Å². The van der Waals surface area contributed by atoms with Crippen molar-refractivity contribution in [1.82, 2.24) is 10.3 Å². The Balaban J connectivity index is 1.83. The van der Waals surface area contributed by atoms with Gasteiger partial charge in [-0.3, -0.25) is 0 Å². The molecule has 0 aliphatic heterocycles. The van der Waals surface area contributed by atoms with E-state index in [4.69, 9.17) is 0 Å². The maximum absolute atomic E-state index is 4.30. The minimum atomic E-state index is 0.313. The molecule has 0 unspecified atom stereocenters. The summed E-state index contributed by atoms with van der Waals surface area (Å²) in [4.78, 5) is 4.30. The number of rotatable bonds is 4. The number of aromatic nitrogens is 1. The lowest BCUT2D eigenvalue weighted by atomic mass is 10.00. The normalized spacial score (nSPS) is 12.7. The van der Waals surface area contributed by atoms with E-state index in [2.05, 4.69) is 65.1 Å². The van der Waals surface area contributed by atoms with Crippen LogP contribution < -0.4 is 5.32 Å². The molecule has 3 aromatic rings. The summed E-state index contributed by atoms with van der Waals surface area (Å²) in [6.07, 6.45) is 0. The van der Waals surface area contributed by atoms with Crippen molar-refractivity contribution in [3.05, 3.63) is 64.6 Å². The maximum atomic E-state index is 4.30. The molecule has 96 valence electrons. The largest absolute Gasteiger partial charge is 0.305 e. The fourth-order valence-corrected chi connectivity index (χ4v) is 2.88. The third-order valence-corrected chi connectivity index (χ3v) is 4.00. The Kier molecular flexibility index (Phi) is 3.58. The molecular formula is C16H16N2S. The smallest absolute Gasteiger partial charge is 0.0795 e. The summed E-state index contributed by atoms with van der Waals surface area (Å²) < 4.78 is 0. The molecule has 0 fully saturated rings. The lowest BCUT2D eigenvalue weighted by Crippen LogP contribution is -2.18. The first-order valence-electron chi connectivity index (χ1n) is 6.43. The first-order valence-corrected chi connectivity index (χ1v) is 7.37. The third-order valence-electron chi connectivity index (χ3n) is 3.36. The number of fused-ring (bicyclic) bond motifs is 1. The molecule has 0 saturated heterocycles. The van der Waals surface area contributed by atoms with E-state index in [1.807, 2.05) is 5.51 Å². The van der Waals surface area contributed by atoms with Crippen molar-refractivity contribution in [3.63, 3.8) is 0 Å². The first-order chi connectivity index (χ1) is 9.34. The molecule has 2 nitrogen and oxygen atoms in total. The van der Waals surface area contributed by atoms with Crippen molar-refractivity contribution in [2.24, 2.45) is 0 Å². The Morgan fingerprint density at radius 1 is 1.16 bits per heavy atom. The van der Waals surface area contributed by atoms with Gasteiger partial charge >= 0.3 is 0 Å². The lowest BCUT2D eigenvalue weighted by molar-refractivity contribution is 0.572. The van der Waals surface area contributed by atoms with Crippen molar-refractivity contribution >= 4 is 22.1 Å². The standard InChI is InChI=1S/C16H16N2S/c1-12(17-9-14-10-19-11-18-14)15-8-4-6-13-5-2-3-7-16(13)15/h2-8,10-12,17H,9H2,1H3/t12-/m1/s1. The molecule has 1 N–H and O–H groups in total. The minimum absolute atomic E-state index is 0.313. The van der Waals surface area contributed by atoms with Gasteiger partial charge in [-0.05, 0) is 23.3 Å². The number of thiazole rings is 1.